The zero-order valence-electron chi connectivity index (χ0n) is 18.6. The van der Waals surface area contributed by atoms with Crippen molar-refractivity contribution in [3.63, 3.8) is 0 Å². The van der Waals surface area contributed by atoms with Crippen molar-refractivity contribution in [2.75, 3.05) is 4.90 Å². The molecule has 0 atom stereocenters. The van der Waals surface area contributed by atoms with Crippen LogP contribution in [0.1, 0.15) is 27.8 Å². The van der Waals surface area contributed by atoms with Gasteiger partial charge in [-0.2, -0.15) is 0 Å². The maximum absolute atomic E-state index is 13.7. The first-order valence-corrected chi connectivity index (χ1v) is 12.3. The molecule has 1 aliphatic heterocycles. The van der Waals surface area contributed by atoms with Gasteiger partial charge in [0.1, 0.15) is 5.75 Å². The van der Waals surface area contributed by atoms with Gasteiger partial charge in [-0.1, -0.05) is 48.0 Å². The molecule has 0 unspecified atom stereocenters. The number of benzene rings is 3. The normalized spacial score (nSPS) is 16.3. The molecule has 1 heterocycles. The molecule has 1 amide bonds. The summed E-state index contributed by atoms with van der Waals surface area (Å²) in [5.41, 5.74) is 6.15. The average molecular weight is 542 g/mol. The van der Waals surface area contributed by atoms with E-state index in [-0.39, 0.29) is 11.7 Å². The molecule has 4 rings (SSSR count). The second kappa shape index (κ2) is 9.37. The summed E-state index contributed by atoms with van der Waals surface area (Å²) in [5.74, 6) is -0.169. The van der Waals surface area contributed by atoms with Gasteiger partial charge in [0, 0.05) is 10.6 Å². The minimum Gasteiger partial charge on any atom is -0.506 e. The van der Waals surface area contributed by atoms with Gasteiger partial charge in [0.15, 0.2) is 5.17 Å². The number of phenols is 1. The van der Waals surface area contributed by atoms with Gasteiger partial charge in [-0.15, -0.1) is 0 Å². The number of hydrogen-bond acceptors (Lipinski definition) is 4. The maximum Gasteiger partial charge on any atom is 0.271 e. The molecule has 0 spiro atoms. The largest absolute Gasteiger partial charge is 0.506 e. The summed E-state index contributed by atoms with van der Waals surface area (Å²) < 4.78 is 0.466. The number of halogens is 2. The molecule has 1 fully saturated rings. The SMILES string of the molecule is Cc1cccc(C)c1N=C1S/C(=C\c2cc(Cl)cc(Br)c2O)C(=O)N1c1c(C)cccc1C. The van der Waals surface area contributed by atoms with Crippen molar-refractivity contribution in [2.24, 2.45) is 4.99 Å². The number of rotatable bonds is 3. The smallest absolute Gasteiger partial charge is 0.271 e. The molecule has 1 aliphatic rings. The summed E-state index contributed by atoms with van der Waals surface area (Å²) in [6.45, 7) is 7.99. The molecule has 0 aliphatic carbocycles. The zero-order chi connectivity index (χ0) is 23.9. The lowest BCUT2D eigenvalue weighted by molar-refractivity contribution is -0.113. The number of hydrogen-bond donors (Lipinski definition) is 1. The van der Waals surface area contributed by atoms with Crippen molar-refractivity contribution in [1.82, 2.24) is 0 Å². The van der Waals surface area contributed by atoms with E-state index in [1.165, 1.54) is 11.8 Å². The Balaban J connectivity index is 1.91. The number of carbonyl (C=O) groups excluding carboxylic acids is 1. The first-order valence-electron chi connectivity index (χ1n) is 10.3. The van der Waals surface area contributed by atoms with Crippen LogP contribution in [0.3, 0.4) is 0 Å². The second-order valence-corrected chi connectivity index (χ2v) is 10.3. The summed E-state index contributed by atoms with van der Waals surface area (Å²) in [5, 5.41) is 11.5. The number of aryl methyl sites for hydroxylation is 4. The van der Waals surface area contributed by atoms with Crippen molar-refractivity contribution < 1.29 is 9.90 Å². The lowest BCUT2D eigenvalue weighted by Crippen LogP contribution is -2.30. The molecule has 4 nitrogen and oxygen atoms in total. The highest BCUT2D eigenvalue weighted by Gasteiger charge is 2.36. The number of thioether (sulfide) groups is 1. The molecule has 3 aromatic rings. The number of aromatic hydroxyl groups is 1. The molecule has 0 radical (unpaired) electrons. The predicted octanol–water partition coefficient (Wildman–Crippen LogP) is 7.85. The van der Waals surface area contributed by atoms with Crippen LogP contribution in [-0.4, -0.2) is 16.2 Å². The fraction of sp³-hybridized carbons (Fsp3) is 0.154. The van der Waals surface area contributed by atoms with Crippen molar-refractivity contribution in [3.05, 3.63) is 90.7 Å². The summed E-state index contributed by atoms with van der Waals surface area (Å²) in [4.78, 5) is 20.8. The Morgan fingerprint density at radius 3 is 2.18 bits per heavy atom. The number of nitrogens with zero attached hydrogens (tertiary/aromatic N) is 2. The van der Waals surface area contributed by atoms with E-state index in [2.05, 4.69) is 15.9 Å². The monoisotopic (exact) mass is 540 g/mol. The van der Waals surface area contributed by atoms with E-state index >= 15 is 0 Å². The van der Waals surface area contributed by atoms with Gasteiger partial charge in [0.2, 0.25) is 0 Å². The van der Waals surface area contributed by atoms with Crippen molar-refractivity contribution in [3.8, 4) is 5.75 Å². The van der Waals surface area contributed by atoms with E-state index in [0.717, 1.165) is 33.6 Å². The Kier molecular flexibility index (Phi) is 6.71. The first-order chi connectivity index (χ1) is 15.7. The van der Waals surface area contributed by atoms with E-state index in [1.54, 1.807) is 23.1 Å². The molecule has 168 valence electrons. The van der Waals surface area contributed by atoms with Crippen LogP contribution in [0.25, 0.3) is 6.08 Å². The standard InChI is InChI=1S/C26H22BrClN2O2S/c1-14-7-5-8-15(2)22(14)29-26-30(23-16(3)9-6-10-17(23)4)25(32)21(33-26)12-18-11-19(28)13-20(27)24(18)31/h5-13,31H,1-4H3/b21-12-,29-26?. The minimum atomic E-state index is -0.196. The summed E-state index contributed by atoms with van der Waals surface area (Å²) in [6, 6.07) is 15.2. The predicted molar refractivity (Wildman–Crippen MR) is 143 cm³/mol. The molecular formula is C26H22BrClN2O2S. The molecule has 3 aromatic carbocycles. The number of para-hydroxylation sites is 2. The number of aliphatic imine (C=N–C) groups is 1. The van der Waals surface area contributed by atoms with Crippen LogP contribution >= 0.6 is 39.3 Å². The molecule has 1 N–H and O–H groups in total. The molecule has 0 saturated carbocycles. The van der Waals surface area contributed by atoms with E-state index in [4.69, 9.17) is 16.6 Å². The lowest BCUT2D eigenvalue weighted by atomic mass is 10.1. The van der Waals surface area contributed by atoms with Gasteiger partial charge in [-0.3, -0.25) is 9.69 Å². The molecule has 7 heteroatoms. The van der Waals surface area contributed by atoms with Gasteiger partial charge in [-0.25, -0.2) is 4.99 Å². The van der Waals surface area contributed by atoms with Gasteiger partial charge >= 0.3 is 0 Å². The second-order valence-electron chi connectivity index (χ2n) is 7.95. The molecule has 0 aromatic heterocycles. The molecular weight excluding hydrogens is 520 g/mol. The Bertz CT molecular complexity index is 1310. The van der Waals surface area contributed by atoms with Crippen molar-refractivity contribution in [2.45, 2.75) is 27.7 Å². The number of amidine groups is 1. The number of amides is 1. The fourth-order valence-electron chi connectivity index (χ4n) is 3.82. The summed E-state index contributed by atoms with van der Waals surface area (Å²) in [7, 11) is 0. The zero-order valence-corrected chi connectivity index (χ0v) is 21.8. The number of carbonyl (C=O) groups is 1. The summed E-state index contributed by atoms with van der Waals surface area (Å²) in [6.07, 6.45) is 1.66. The van der Waals surface area contributed by atoms with E-state index in [0.29, 0.717) is 25.1 Å². The summed E-state index contributed by atoms with van der Waals surface area (Å²) >= 11 is 10.8. The highest BCUT2D eigenvalue weighted by atomic mass is 79.9. The van der Waals surface area contributed by atoms with Crippen LogP contribution in [0, 0.1) is 27.7 Å². The fourth-order valence-corrected chi connectivity index (χ4v) is 5.62. The third-order valence-electron chi connectivity index (χ3n) is 5.46. The van der Waals surface area contributed by atoms with Gasteiger partial charge < -0.3 is 5.11 Å². The van der Waals surface area contributed by atoms with Gasteiger partial charge in [0.25, 0.3) is 5.91 Å². The Morgan fingerprint density at radius 2 is 1.58 bits per heavy atom. The van der Waals surface area contributed by atoms with Crippen LogP contribution in [0.4, 0.5) is 11.4 Å². The molecule has 0 bridgehead atoms. The highest BCUT2D eigenvalue weighted by Crippen LogP contribution is 2.42. The van der Waals surface area contributed by atoms with E-state index < -0.39 is 0 Å². The van der Waals surface area contributed by atoms with E-state index in [1.807, 2.05) is 64.1 Å². The quantitative estimate of drug-likeness (QED) is 0.344. The third-order valence-corrected chi connectivity index (χ3v) is 7.25. The maximum atomic E-state index is 13.7. The topological polar surface area (TPSA) is 52.9 Å². The Labute approximate surface area is 211 Å². The number of anilines is 1. The van der Waals surface area contributed by atoms with Gasteiger partial charge in [-0.05, 0) is 95.8 Å². The minimum absolute atomic E-state index is 0.0269. The Morgan fingerprint density at radius 1 is 1.00 bits per heavy atom. The molecule has 1 saturated heterocycles. The van der Waals surface area contributed by atoms with Crippen LogP contribution in [-0.2, 0) is 4.79 Å². The van der Waals surface area contributed by atoms with Crippen LogP contribution in [0.2, 0.25) is 5.02 Å². The highest BCUT2D eigenvalue weighted by molar-refractivity contribution is 9.10. The van der Waals surface area contributed by atoms with Crippen LogP contribution < -0.4 is 4.90 Å². The van der Waals surface area contributed by atoms with Gasteiger partial charge in [0.05, 0.1) is 20.8 Å². The Hall–Kier alpha value is -2.54. The van der Waals surface area contributed by atoms with Crippen molar-refractivity contribution >= 4 is 67.8 Å². The first kappa shape index (κ1) is 23.6. The number of phenolic OH excluding ortho intramolecular Hbond substituents is 1. The van der Waals surface area contributed by atoms with Crippen molar-refractivity contribution in [1.29, 1.82) is 0 Å². The van der Waals surface area contributed by atoms with E-state index in [9.17, 15) is 9.90 Å². The lowest BCUT2D eigenvalue weighted by Gasteiger charge is -2.21. The third kappa shape index (κ3) is 4.60. The molecule has 33 heavy (non-hydrogen) atoms. The van der Waals surface area contributed by atoms with Crippen LogP contribution in [0.15, 0.2) is 62.9 Å². The van der Waals surface area contributed by atoms with Crippen LogP contribution in [0.5, 0.6) is 5.75 Å². The average Bonchev–Trinajstić information content (AvgIpc) is 3.04.